The summed E-state index contributed by atoms with van der Waals surface area (Å²) in [6.07, 6.45) is 7.54. The van der Waals surface area contributed by atoms with Crippen LogP contribution in [0.1, 0.15) is 116 Å². The third-order valence-corrected chi connectivity index (χ3v) is 22.0. The molecule has 0 atom stereocenters. The molecule has 3 aliphatic rings. The van der Waals surface area contributed by atoms with E-state index in [1.807, 2.05) is 11.8 Å². The van der Waals surface area contributed by atoms with Crippen LogP contribution >= 0.6 is 11.8 Å². The molecule has 7 aromatic carbocycles. The highest BCUT2D eigenvalue weighted by Gasteiger charge is 2.49. The van der Waals surface area contributed by atoms with E-state index in [1.165, 1.54) is 41.7 Å². The van der Waals surface area contributed by atoms with E-state index in [-0.39, 0.29) is 10.8 Å². The molecule has 318 valence electrons. The largest absolute Gasteiger partial charge is 0.423 e. The molecule has 0 radical (unpaired) electrons. The highest BCUT2D eigenvalue weighted by Crippen LogP contribution is 2.53. The Hall–Kier alpha value is -5.62. The number of aromatic nitrogens is 2. The maximum Gasteiger partial charge on any atom is 0.307 e. The molecule has 2 fully saturated rings. The van der Waals surface area contributed by atoms with Gasteiger partial charge in [0.15, 0.2) is 13.7 Å². The first-order valence-corrected chi connectivity index (χ1v) is 26.3. The molecule has 2 saturated carbocycles. The number of benzene rings is 7. The summed E-state index contributed by atoms with van der Waals surface area (Å²) < 4.78 is 28.5. The number of imidazole rings is 1. The van der Waals surface area contributed by atoms with Gasteiger partial charge in [0.2, 0.25) is 0 Å². The molecule has 3 heterocycles. The molecule has 64 heavy (non-hydrogen) atoms. The topological polar surface area (TPSA) is 30.4 Å². The molecule has 0 amide bonds. The Bertz CT molecular complexity index is 3300. The molecule has 2 aliphatic carbocycles. The highest BCUT2D eigenvalue weighted by molar-refractivity contribution is 7.99. The van der Waals surface area contributed by atoms with Crippen molar-refractivity contribution in [2.75, 3.05) is 0 Å². The molecule has 2 aromatic heterocycles. The number of rotatable bonds is 7. The lowest BCUT2D eigenvalue weighted by molar-refractivity contribution is 0.296. The van der Waals surface area contributed by atoms with Crippen molar-refractivity contribution < 1.29 is 7.16 Å². The highest BCUT2D eigenvalue weighted by atomic mass is 32.2. The van der Waals surface area contributed by atoms with Crippen LogP contribution in [0.25, 0.3) is 39.1 Å². The van der Waals surface area contributed by atoms with E-state index in [2.05, 4.69) is 190 Å². The van der Waals surface area contributed by atoms with Crippen molar-refractivity contribution in [3.8, 4) is 11.1 Å². The zero-order valence-corrected chi connectivity index (χ0v) is 39.2. The minimum Gasteiger partial charge on any atom is -0.423 e. The fourth-order valence-corrected chi connectivity index (χ4v) is 18.8. The Morgan fingerprint density at radius 3 is 1.91 bits per heavy atom. The molecule has 0 spiro atoms. The van der Waals surface area contributed by atoms with Gasteiger partial charge in [-0.15, -0.1) is 0 Å². The molecule has 9 aromatic rings. The molecule has 0 unspecified atom stereocenters. The van der Waals surface area contributed by atoms with E-state index < -0.39 is 19.9 Å². The Morgan fingerprint density at radius 1 is 0.594 bits per heavy atom. The van der Waals surface area contributed by atoms with Crippen LogP contribution in [0.2, 0.25) is 0 Å². The van der Waals surface area contributed by atoms with E-state index in [1.54, 1.807) is 0 Å². The molecule has 3 nitrogen and oxygen atoms in total. The first kappa shape index (κ1) is 37.7. The molecule has 5 heteroatoms. The molecule has 0 bridgehead atoms. The smallest absolute Gasteiger partial charge is 0.307 e. The Balaban J connectivity index is 1.15. The number of hydrogen-bond donors (Lipinski definition) is 0. The third kappa shape index (κ3) is 5.89. The second-order valence-electron chi connectivity index (χ2n) is 19.6. The van der Waals surface area contributed by atoms with Crippen LogP contribution in [-0.2, 0) is 10.8 Å². The molecular formula is C59H56N2OSSi. The van der Waals surface area contributed by atoms with Gasteiger partial charge in [-0.25, -0.2) is 0 Å². The average Bonchev–Trinajstić information content (AvgIpc) is 4.14. The van der Waals surface area contributed by atoms with Gasteiger partial charge in [0.25, 0.3) is 0 Å². The average molecular weight is 871 g/mol. The summed E-state index contributed by atoms with van der Waals surface area (Å²) in [6.45, 7) is 9.74. The Labute approximate surface area is 385 Å². The number of oxazole rings is 1. The van der Waals surface area contributed by atoms with E-state index in [0.29, 0.717) is 5.84 Å². The molecule has 1 aliphatic heterocycles. The van der Waals surface area contributed by atoms with Crippen molar-refractivity contribution in [1.82, 2.24) is 9.38 Å². The van der Waals surface area contributed by atoms with Crippen LogP contribution in [0.4, 0.5) is 0 Å². The van der Waals surface area contributed by atoms with E-state index in [0.717, 1.165) is 95.8 Å². The molecule has 12 rings (SSSR count). The standard InChI is InChI=1S/C59H56N2OSSi/c1-58(2)47-31-15-16-34-51(47)63-56-48(59(58,3)4)32-19-35-52(56)64(42-25-7-5-8-26-42,43-27-9-6-10-28-43)44-29-17-24-41(38-44)53-45(39-20-11-12-21-39)36-37-49-54(53)60-57-61(49)50-33-18-30-46(55(50)62-57)40-22-13-14-23-40/h5-10,15-19,24-40H,11-14,20-23H2,1-4H3/i39D,40D. The SMILES string of the molecule is [2H]C1(c2ccc3c(nc4oc5c(C6([2H])CCCC6)cccc5n43)c2-c2cccc([Si](c3ccccc3)(c3ccccc3)c3cccc4c3Sc3ccccc3C(C)(C)C4(C)C)c2)CCCC1. The summed E-state index contributed by atoms with van der Waals surface area (Å²) in [5, 5.41) is 5.35. The minimum absolute atomic E-state index is 0.138. The maximum atomic E-state index is 10.1. The zero-order valence-electron chi connectivity index (χ0n) is 39.4. The lowest BCUT2D eigenvalue weighted by Gasteiger charge is -2.43. The van der Waals surface area contributed by atoms with Gasteiger partial charge in [0, 0.05) is 23.7 Å². The predicted octanol–water partition coefficient (Wildman–Crippen LogP) is 13.3. The van der Waals surface area contributed by atoms with Gasteiger partial charge in [-0.1, -0.05) is 205 Å². The fraction of sp³-hybridized carbons (Fsp3) is 0.271. The maximum absolute atomic E-state index is 10.1. The summed E-state index contributed by atoms with van der Waals surface area (Å²) in [6, 6.07) is 59.0. The van der Waals surface area contributed by atoms with Gasteiger partial charge in [0.1, 0.15) is 5.52 Å². The van der Waals surface area contributed by atoms with Gasteiger partial charge in [-0.2, -0.15) is 4.98 Å². The number of para-hydroxylation sites is 1. The van der Waals surface area contributed by atoms with E-state index in [9.17, 15) is 2.74 Å². The Morgan fingerprint density at radius 2 is 1.19 bits per heavy atom. The van der Waals surface area contributed by atoms with Gasteiger partial charge < -0.3 is 4.42 Å². The minimum atomic E-state index is -3.14. The Kier molecular flexibility index (Phi) is 8.98. The summed E-state index contributed by atoms with van der Waals surface area (Å²) in [5.41, 5.74) is 10.1. The second kappa shape index (κ2) is 15.2. The lowest BCUT2D eigenvalue weighted by Crippen LogP contribution is -2.75. The first-order valence-electron chi connectivity index (χ1n) is 24.5. The van der Waals surface area contributed by atoms with Gasteiger partial charge in [0.05, 0.1) is 11.0 Å². The number of nitrogens with zero attached hydrogens (tertiary/aromatic N) is 2. The van der Waals surface area contributed by atoms with Crippen LogP contribution in [-0.4, -0.2) is 17.5 Å². The van der Waals surface area contributed by atoms with Gasteiger partial charge >= 0.3 is 5.84 Å². The van der Waals surface area contributed by atoms with Gasteiger partial charge in [-0.3, -0.25) is 4.40 Å². The first-order chi connectivity index (χ1) is 32.0. The zero-order chi connectivity index (χ0) is 45.1. The molecule has 0 saturated heterocycles. The summed E-state index contributed by atoms with van der Waals surface area (Å²) >= 11 is 1.95. The molecular weight excluding hydrogens is 813 g/mol. The van der Waals surface area contributed by atoms with Crippen molar-refractivity contribution in [3.63, 3.8) is 0 Å². The normalized spacial score (nSPS) is 19.0. The number of hydrogen-bond acceptors (Lipinski definition) is 3. The summed E-state index contributed by atoms with van der Waals surface area (Å²) in [7, 11) is -3.14. The fourth-order valence-electron chi connectivity index (χ4n) is 11.9. The quantitative estimate of drug-likeness (QED) is 0.118. The third-order valence-electron chi connectivity index (χ3n) is 15.8. The van der Waals surface area contributed by atoms with Crippen LogP contribution in [0, 0.1) is 0 Å². The summed E-state index contributed by atoms with van der Waals surface area (Å²) in [5.74, 6) is -0.837. The van der Waals surface area contributed by atoms with Crippen molar-refractivity contribution in [2.45, 2.75) is 111 Å². The second-order valence-corrected chi connectivity index (χ2v) is 24.4. The van der Waals surface area contributed by atoms with Crippen molar-refractivity contribution in [3.05, 3.63) is 180 Å². The van der Waals surface area contributed by atoms with Crippen LogP contribution in [0.3, 0.4) is 0 Å². The van der Waals surface area contributed by atoms with E-state index >= 15 is 0 Å². The van der Waals surface area contributed by atoms with Crippen LogP contribution in [0.15, 0.2) is 172 Å². The number of fused-ring (bicyclic) bond motifs is 7. The van der Waals surface area contributed by atoms with Crippen LogP contribution in [0.5, 0.6) is 0 Å². The molecule has 0 N–H and O–H groups in total. The van der Waals surface area contributed by atoms with Crippen molar-refractivity contribution in [1.29, 1.82) is 0 Å². The van der Waals surface area contributed by atoms with Crippen LogP contribution < -0.4 is 20.7 Å². The summed E-state index contributed by atoms with van der Waals surface area (Å²) in [4.78, 5) is 8.10. The monoisotopic (exact) mass is 870 g/mol. The van der Waals surface area contributed by atoms with Crippen molar-refractivity contribution >= 4 is 68.6 Å². The van der Waals surface area contributed by atoms with Gasteiger partial charge in [-0.05, 0) is 110 Å². The van der Waals surface area contributed by atoms with Crippen molar-refractivity contribution in [2.24, 2.45) is 0 Å². The predicted molar refractivity (Wildman–Crippen MR) is 271 cm³/mol. The van der Waals surface area contributed by atoms with E-state index in [4.69, 9.17) is 9.40 Å². The lowest BCUT2D eigenvalue weighted by atomic mass is 9.61.